The number of hydrogen-bond donors (Lipinski definition) is 1. The van der Waals surface area contributed by atoms with Crippen LogP contribution < -0.4 is 5.32 Å². The summed E-state index contributed by atoms with van der Waals surface area (Å²) in [7, 11) is 0. The quantitative estimate of drug-likeness (QED) is 0.672. The zero-order chi connectivity index (χ0) is 14.2. The minimum absolute atomic E-state index is 0. The average molecular weight is 313 g/mol. The Kier molecular flexibility index (Phi) is 4.43. The maximum atomic E-state index is 13.6. The van der Waals surface area contributed by atoms with Gasteiger partial charge >= 0.3 is 12.0 Å². The first kappa shape index (κ1) is 16.0. The van der Waals surface area contributed by atoms with Gasteiger partial charge in [0.05, 0.1) is 16.6 Å². The van der Waals surface area contributed by atoms with Crippen molar-refractivity contribution in [3.63, 3.8) is 0 Å². The fraction of sp³-hybridized carbons (Fsp3) is 0.300. The number of nitro groups is 1. The van der Waals surface area contributed by atoms with Crippen LogP contribution in [0.5, 0.6) is 0 Å². The highest BCUT2D eigenvalue weighted by molar-refractivity contribution is 5.85. The summed E-state index contributed by atoms with van der Waals surface area (Å²) in [5, 5.41) is 12.6. The zero-order valence-electron chi connectivity index (χ0n) is 9.64. The fourth-order valence-corrected chi connectivity index (χ4v) is 1.73. The number of nitro benzene ring substituents is 1. The molecule has 0 aromatic heterocycles. The van der Waals surface area contributed by atoms with Crippen molar-refractivity contribution in [1.82, 2.24) is 5.32 Å². The van der Waals surface area contributed by atoms with Crippen LogP contribution in [0.2, 0.25) is 0 Å². The normalized spacial score (nSPS) is 20.4. The number of alkyl halides is 2. The highest BCUT2D eigenvalue weighted by atomic mass is 35.5. The molecule has 1 heterocycles. The molecule has 1 fully saturated rings. The fourth-order valence-electron chi connectivity index (χ4n) is 1.73. The van der Waals surface area contributed by atoms with Crippen LogP contribution in [0.4, 0.5) is 23.7 Å². The first-order chi connectivity index (χ1) is 8.81. The van der Waals surface area contributed by atoms with Crippen molar-refractivity contribution < 1.29 is 27.6 Å². The predicted octanol–water partition coefficient (Wildman–Crippen LogP) is 2.57. The predicted molar refractivity (Wildman–Crippen MR) is 62.5 cm³/mol. The van der Waals surface area contributed by atoms with Crippen molar-refractivity contribution >= 4 is 24.2 Å². The second kappa shape index (κ2) is 5.53. The Balaban J connectivity index is 0.00000200. The summed E-state index contributed by atoms with van der Waals surface area (Å²) in [4.78, 5) is 20.7. The molecule has 2 rings (SSSR count). The van der Waals surface area contributed by atoms with Gasteiger partial charge in [-0.1, -0.05) is 0 Å². The van der Waals surface area contributed by atoms with Gasteiger partial charge in [-0.2, -0.15) is 0 Å². The van der Waals surface area contributed by atoms with E-state index >= 15 is 0 Å². The highest BCUT2D eigenvalue weighted by Crippen LogP contribution is 2.38. The van der Waals surface area contributed by atoms with E-state index in [9.17, 15) is 28.1 Å². The molecule has 1 aliphatic rings. The molecule has 1 atom stereocenters. The van der Waals surface area contributed by atoms with Gasteiger partial charge < -0.3 is 10.1 Å². The van der Waals surface area contributed by atoms with Crippen molar-refractivity contribution in [3.8, 4) is 0 Å². The topological polar surface area (TPSA) is 81.5 Å². The van der Waals surface area contributed by atoms with E-state index in [1.165, 1.54) is 0 Å². The van der Waals surface area contributed by atoms with Crippen molar-refractivity contribution in [2.75, 3.05) is 6.61 Å². The molecule has 1 aromatic rings. The third-order valence-corrected chi connectivity index (χ3v) is 2.58. The van der Waals surface area contributed by atoms with Crippen molar-refractivity contribution in [2.24, 2.45) is 0 Å². The third-order valence-electron chi connectivity index (χ3n) is 2.58. The van der Waals surface area contributed by atoms with Crippen LogP contribution in [0.3, 0.4) is 0 Å². The van der Waals surface area contributed by atoms with Crippen molar-refractivity contribution in [1.29, 1.82) is 0 Å². The van der Waals surface area contributed by atoms with E-state index in [-0.39, 0.29) is 12.4 Å². The molecule has 10 heteroatoms. The zero-order valence-corrected chi connectivity index (χ0v) is 10.5. The standard InChI is InChI=1S/C10H7F3N2O4.ClH/c11-5-1-2-6(7(3-5)15(17)18)8-10(12,13)4-19-9(16)14-8;/h1-3,8H,4H2,(H,14,16);1H/t8-;/m0./s1. The van der Waals surface area contributed by atoms with Gasteiger partial charge in [0, 0.05) is 0 Å². The van der Waals surface area contributed by atoms with Crippen LogP contribution in [0, 0.1) is 15.9 Å². The number of cyclic esters (lactones) is 1. The summed E-state index contributed by atoms with van der Waals surface area (Å²) < 4.78 is 44.3. The summed E-state index contributed by atoms with van der Waals surface area (Å²) in [5.74, 6) is -4.46. The van der Waals surface area contributed by atoms with E-state index < -0.39 is 46.7 Å². The van der Waals surface area contributed by atoms with Gasteiger partial charge in [0.25, 0.3) is 5.69 Å². The molecule has 0 aliphatic carbocycles. The first-order valence-electron chi connectivity index (χ1n) is 5.06. The Morgan fingerprint density at radius 3 is 2.70 bits per heavy atom. The van der Waals surface area contributed by atoms with Crippen molar-refractivity contribution in [2.45, 2.75) is 12.0 Å². The monoisotopic (exact) mass is 312 g/mol. The number of halogens is 4. The minimum Gasteiger partial charge on any atom is -0.443 e. The van der Waals surface area contributed by atoms with Crippen LogP contribution in [0.25, 0.3) is 0 Å². The van der Waals surface area contributed by atoms with Gasteiger partial charge in [0.1, 0.15) is 11.9 Å². The van der Waals surface area contributed by atoms with Crippen LogP contribution in [0.1, 0.15) is 11.6 Å². The number of benzene rings is 1. The van der Waals surface area contributed by atoms with E-state index in [4.69, 9.17) is 0 Å². The van der Waals surface area contributed by atoms with E-state index in [1.807, 2.05) is 0 Å². The Bertz CT molecular complexity index is 555. The van der Waals surface area contributed by atoms with Gasteiger partial charge in [-0.25, -0.2) is 18.0 Å². The van der Waals surface area contributed by atoms with Crippen LogP contribution in [-0.4, -0.2) is 23.5 Å². The summed E-state index contributed by atoms with van der Waals surface area (Å²) in [6.45, 7) is -1.20. The Hall–Kier alpha value is -2.03. The summed E-state index contributed by atoms with van der Waals surface area (Å²) >= 11 is 0. The molecule has 0 bridgehead atoms. The van der Waals surface area contributed by atoms with Gasteiger partial charge in [0.2, 0.25) is 0 Å². The minimum atomic E-state index is -3.53. The molecule has 1 aliphatic heterocycles. The van der Waals surface area contributed by atoms with Crippen molar-refractivity contribution in [3.05, 3.63) is 39.7 Å². The maximum absolute atomic E-state index is 13.6. The van der Waals surface area contributed by atoms with E-state index in [2.05, 4.69) is 4.74 Å². The third kappa shape index (κ3) is 2.93. The number of amides is 1. The number of nitrogens with zero attached hydrogens (tertiary/aromatic N) is 1. The molecular weight excluding hydrogens is 305 g/mol. The van der Waals surface area contributed by atoms with Gasteiger partial charge in [-0.05, 0) is 12.1 Å². The first-order valence-corrected chi connectivity index (χ1v) is 5.06. The lowest BCUT2D eigenvalue weighted by molar-refractivity contribution is -0.386. The number of rotatable bonds is 2. The van der Waals surface area contributed by atoms with E-state index in [1.54, 1.807) is 5.32 Å². The smallest absolute Gasteiger partial charge is 0.408 e. The molecule has 0 unspecified atom stereocenters. The molecule has 20 heavy (non-hydrogen) atoms. The van der Waals surface area contributed by atoms with Crippen LogP contribution in [0.15, 0.2) is 18.2 Å². The second-order valence-electron chi connectivity index (χ2n) is 3.87. The summed E-state index contributed by atoms with van der Waals surface area (Å²) in [5.41, 5.74) is -1.31. The summed E-state index contributed by atoms with van der Waals surface area (Å²) in [6, 6.07) is 0.236. The number of carbonyl (C=O) groups is 1. The van der Waals surface area contributed by atoms with Gasteiger partial charge in [-0.3, -0.25) is 10.1 Å². The van der Waals surface area contributed by atoms with E-state index in [0.29, 0.717) is 6.07 Å². The largest absolute Gasteiger partial charge is 0.443 e. The molecule has 1 aromatic carbocycles. The molecule has 0 saturated carbocycles. The van der Waals surface area contributed by atoms with Crippen LogP contribution >= 0.6 is 12.4 Å². The number of nitrogens with one attached hydrogen (secondary N) is 1. The Morgan fingerprint density at radius 1 is 1.45 bits per heavy atom. The second-order valence-corrected chi connectivity index (χ2v) is 3.87. The molecule has 0 spiro atoms. The number of hydrogen-bond acceptors (Lipinski definition) is 4. The summed E-state index contributed by atoms with van der Waals surface area (Å²) in [6.07, 6.45) is -1.12. The molecule has 0 radical (unpaired) electrons. The number of ether oxygens (including phenoxy) is 1. The molecule has 6 nitrogen and oxygen atoms in total. The lowest BCUT2D eigenvalue weighted by Gasteiger charge is -2.31. The Labute approximate surface area is 116 Å². The Morgan fingerprint density at radius 2 is 2.10 bits per heavy atom. The lowest BCUT2D eigenvalue weighted by atomic mass is 9.98. The molecule has 1 saturated heterocycles. The number of alkyl carbamates (subject to hydrolysis) is 1. The lowest BCUT2D eigenvalue weighted by Crippen LogP contribution is -2.49. The molecular formula is C10H8ClF3N2O4. The maximum Gasteiger partial charge on any atom is 0.408 e. The van der Waals surface area contributed by atoms with Gasteiger partial charge in [0.15, 0.2) is 6.61 Å². The average Bonchev–Trinajstić information content (AvgIpc) is 2.32. The van der Waals surface area contributed by atoms with E-state index in [0.717, 1.165) is 12.1 Å². The highest BCUT2D eigenvalue weighted by Gasteiger charge is 2.49. The molecule has 110 valence electrons. The van der Waals surface area contributed by atoms with Crippen LogP contribution in [-0.2, 0) is 4.74 Å². The SMILES string of the molecule is Cl.O=C1N[C@@H](c2ccc(F)cc2[N+](=O)[O-])C(F)(F)CO1. The molecule has 1 amide bonds. The molecule has 1 N–H and O–H groups in total. The van der Waals surface area contributed by atoms with Gasteiger partial charge in [-0.15, -0.1) is 12.4 Å². The number of carbonyl (C=O) groups excluding carboxylic acids is 1.